The number of anilines is 1. The Morgan fingerprint density at radius 1 is 1.24 bits per heavy atom. The lowest BCUT2D eigenvalue weighted by Gasteiger charge is -2.08. The van der Waals surface area contributed by atoms with Crippen molar-refractivity contribution >= 4 is 17.0 Å². The third kappa shape index (κ3) is 2.35. The largest absolute Gasteiger partial charge is 0.382 e. The fourth-order valence-corrected chi connectivity index (χ4v) is 2.41. The lowest BCUT2D eigenvalue weighted by atomic mass is 10.2. The van der Waals surface area contributed by atoms with Crippen molar-refractivity contribution in [2.45, 2.75) is 34.2 Å². The van der Waals surface area contributed by atoms with Crippen molar-refractivity contribution in [2.24, 2.45) is 5.92 Å². The SMILES string of the molecule is Cc1cc(C)n(-c2nc(N)c3ncn(CC(C)C)c3n2)n1. The van der Waals surface area contributed by atoms with Crippen LogP contribution in [0.25, 0.3) is 17.1 Å². The van der Waals surface area contributed by atoms with E-state index in [1.165, 1.54) is 0 Å². The zero-order valence-corrected chi connectivity index (χ0v) is 12.7. The quantitative estimate of drug-likeness (QED) is 0.793. The van der Waals surface area contributed by atoms with Gasteiger partial charge < -0.3 is 10.3 Å². The fourth-order valence-electron chi connectivity index (χ4n) is 2.41. The van der Waals surface area contributed by atoms with E-state index in [1.54, 1.807) is 11.0 Å². The number of rotatable bonds is 3. The molecule has 3 rings (SSSR count). The molecule has 0 amide bonds. The van der Waals surface area contributed by atoms with Crippen molar-refractivity contribution in [1.82, 2.24) is 29.3 Å². The number of hydrogen-bond acceptors (Lipinski definition) is 5. The van der Waals surface area contributed by atoms with Crippen LogP contribution in [-0.2, 0) is 6.54 Å². The third-order valence-electron chi connectivity index (χ3n) is 3.24. The molecule has 0 atom stereocenters. The molecule has 3 aromatic rings. The van der Waals surface area contributed by atoms with Crippen LogP contribution in [0.5, 0.6) is 0 Å². The summed E-state index contributed by atoms with van der Waals surface area (Å²) >= 11 is 0. The van der Waals surface area contributed by atoms with Gasteiger partial charge in [-0.1, -0.05) is 13.8 Å². The van der Waals surface area contributed by atoms with Crippen LogP contribution in [0, 0.1) is 19.8 Å². The number of nitrogens with zero attached hydrogens (tertiary/aromatic N) is 6. The van der Waals surface area contributed by atoms with Gasteiger partial charge in [0.1, 0.15) is 5.52 Å². The highest BCUT2D eigenvalue weighted by Gasteiger charge is 2.14. The van der Waals surface area contributed by atoms with Crippen LogP contribution in [-0.4, -0.2) is 29.3 Å². The van der Waals surface area contributed by atoms with Gasteiger partial charge in [-0.25, -0.2) is 9.67 Å². The molecule has 3 heterocycles. The maximum atomic E-state index is 6.03. The Labute approximate surface area is 122 Å². The second-order valence-electron chi connectivity index (χ2n) is 5.71. The summed E-state index contributed by atoms with van der Waals surface area (Å²) in [6, 6.07) is 1.98. The van der Waals surface area contributed by atoms with Crippen LogP contribution in [0.3, 0.4) is 0 Å². The molecule has 21 heavy (non-hydrogen) atoms. The number of imidazole rings is 1. The Balaban J connectivity index is 2.19. The van der Waals surface area contributed by atoms with Crippen LogP contribution in [0.15, 0.2) is 12.4 Å². The van der Waals surface area contributed by atoms with E-state index in [0.29, 0.717) is 23.2 Å². The molecule has 0 saturated carbocycles. The predicted octanol–water partition coefficient (Wildman–Crippen LogP) is 1.87. The van der Waals surface area contributed by atoms with E-state index in [-0.39, 0.29) is 0 Å². The summed E-state index contributed by atoms with van der Waals surface area (Å²) in [5.41, 5.74) is 9.31. The van der Waals surface area contributed by atoms with Gasteiger partial charge in [0, 0.05) is 12.2 Å². The lowest BCUT2D eigenvalue weighted by molar-refractivity contribution is 0.530. The topological polar surface area (TPSA) is 87.4 Å². The minimum absolute atomic E-state index is 0.380. The summed E-state index contributed by atoms with van der Waals surface area (Å²) in [5, 5.41) is 4.41. The predicted molar refractivity (Wildman–Crippen MR) is 81.2 cm³/mol. The van der Waals surface area contributed by atoms with Crippen molar-refractivity contribution in [2.75, 3.05) is 5.73 Å². The van der Waals surface area contributed by atoms with Gasteiger partial charge in [-0.15, -0.1) is 0 Å². The average molecular weight is 285 g/mol. The Bertz CT molecular complexity index is 797. The molecule has 0 bridgehead atoms. The minimum atomic E-state index is 0.380. The van der Waals surface area contributed by atoms with E-state index in [0.717, 1.165) is 23.6 Å². The minimum Gasteiger partial charge on any atom is -0.382 e. The van der Waals surface area contributed by atoms with Gasteiger partial charge in [-0.05, 0) is 25.8 Å². The molecular weight excluding hydrogens is 266 g/mol. The van der Waals surface area contributed by atoms with Gasteiger partial charge in [-0.2, -0.15) is 15.1 Å². The van der Waals surface area contributed by atoms with Crippen LogP contribution < -0.4 is 5.73 Å². The normalized spacial score (nSPS) is 11.7. The molecule has 0 aromatic carbocycles. The van der Waals surface area contributed by atoms with Crippen LogP contribution in [0.2, 0.25) is 0 Å². The summed E-state index contributed by atoms with van der Waals surface area (Å²) < 4.78 is 3.71. The van der Waals surface area contributed by atoms with Gasteiger partial charge in [0.25, 0.3) is 5.95 Å². The number of hydrogen-bond donors (Lipinski definition) is 1. The number of aryl methyl sites for hydroxylation is 2. The molecule has 0 saturated heterocycles. The van der Waals surface area contributed by atoms with E-state index >= 15 is 0 Å². The van der Waals surface area contributed by atoms with E-state index in [9.17, 15) is 0 Å². The molecule has 7 nitrogen and oxygen atoms in total. The van der Waals surface area contributed by atoms with Gasteiger partial charge >= 0.3 is 0 Å². The van der Waals surface area contributed by atoms with E-state index in [2.05, 4.69) is 33.9 Å². The number of nitrogen functional groups attached to an aromatic ring is 1. The fraction of sp³-hybridized carbons (Fsp3) is 0.429. The Hall–Kier alpha value is -2.44. The van der Waals surface area contributed by atoms with Gasteiger partial charge in [0.15, 0.2) is 11.5 Å². The molecule has 2 N–H and O–H groups in total. The van der Waals surface area contributed by atoms with Crippen molar-refractivity contribution in [3.05, 3.63) is 23.8 Å². The number of fused-ring (bicyclic) bond motifs is 1. The van der Waals surface area contributed by atoms with Crippen molar-refractivity contribution < 1.29 is 0 Å². The zero-order chi connectivity index (χ0) is 15.1. The first-order chi connectivity index (χ1) is 9.95. The van der Waals surface area contributed by atoms with Crippen molar-refractivity contribution in [3.63, 3.8) is 0 Å². The highest BCUT2D eigenvalue weighted by atomic mass is 15.4. The molecule has 0 radical (unpaired) electrons. The van der Waals surface area contributed by atoms with Crippen LogP contribution in [0.1, 0.15) is 25.2 Å². The molecule has 110 valence electrons. The second kappa shape index (κ2) is 4.83. The summed E-state index contributed by atoms with van der Waals surface area (Å²) in [7, 11) is 0. The van der Waals surface area contributed by atoms with Crippen LogP contribution in [0.4, 0.5) is 5.82 Å². The molecule has 0 aliphatic rings. The number of nitrogens with two attached hydrogens (primary N) is 1. The van der Waals surface area contributed by atoms with Crippen molar-refractivity contribution in [1.29, 1.82) is 0 Å². The third-order valence-corrected chi connectivity index (χ3v) is 3.24. The first kappa shape index (κ1) is 13.5. The van der Waals surface area contributed by atoms with Crippen LogP contribution >= 0.6 is 0 Å². The Morgan fingerprint density at radius 3 is 2.62 bits per heavy atom. The van der Waals surface area contributed by atoms with Gasteiger partial charge in [-0.3, -0.25) is 0 Å². The van der Waals surface area contributed by atoms with Crippen molar-refractivity contribution in [3.8, 4) is 5.95 Å². The maximum absolute atomic E-state index is 6.03. The molecule has 0 spiro atoms. The molecule has 0 aliphatic heterocycles. The monoisotopic (exact) mass is 285 g/mol. The first-order valence-electron chi connectivity index (χ1n) is 6.97. The Morgan fingerprint density at radius 2 is 2.00 bits per heavy atom. The zero-order valence-electron chi connectivity index (χ0n) is 12.7. The molecule has 3 aromatic heterocycles. The van der Waals surface area contributed by atoms with E-state index in [4.69, 9.17) is 5.73 Å². The summed E-state index contributed by atoms with van der Waals surface area (Å²) in [4.78, 5) is 13.2. The molecular formula is C14H19N7. The van der Waals surface area contributed by atoms with Gasteiger partial charge in [0.05, 0.1) is 12.0 Å². The summed E-state index contributed by atoms with van der Waals surface area (Å²) in [6.45, 7) is 9.05. The number of aromatic nitrogens is 6. The summed E-state index contributed by atoms with van der Waals surface area (Å²) in [6.07, 6.45) is 1.76. The smallest absolute Gasteiger partial charge is 0.254 e. The highest BCUT2D eigenvalue weighted by molar-refractivity contribution is 5.82. The van der Waals surface area contributed by atoms with Gasteiger partial charge in [0.2, 0.25) is 0 Å². The maximum Gasteiger partial charge on any atom is 0.254 e. The first-order valence-corrected chi connectivity index (χ1v) is 6.97. The molecule has 0 fully saturated rings. The molecule has 0 aliphatic carbocycles. The molecule has 0 unspecified atom stereocenters. The summed E-state index contributed by atoms with van der Waals surface area (Å²) in [5.74, 6) is 1.36. The molecule has 7 heteroatoms. The average Bonchev–Trinajstić information content (AvgIpc) is 2.93. The lowest BCUT2D eigenvalue weighted by Crippen LogP contribution is -2.10. The van der Waals surface area contributed by atoms with E-state index in [1.807, 2.05) is 24.5 Å². The highest BCUT2D eigenvalue weighted by Crippen LogP contribution is 2.19. The standard InChI is InChI=1S/C14H19N7/c1-8(2)6-20-7-16-11-12(15)17-14(18-13(11)20)21-10(4)5-9(3)19-21/h5,7-8H,6H2,1-4H3,(H2,15,17,18). The van der Waals surface area contributed by atoms with E-state index < -0.39 is 0 Å². The second-order valence-corrected chi connectivity index (χ2v) is 5.71. The Kier molecular flexibility index (Phi) is 3.12.